The second-order valence-electron chi connectivity index (χ2n) is 4.52. The lowest BCUT2D eigenvalue weighted by Gasteiger charge is -1.97. The van der Waals surface area contributed by atoms with E-state index in [1.807, 2.05) is 6.92 Å². The third kappa shape index (κ3) is 2.30. The van der Waals surface area contributed by atoms with Gasteiger partial charge < -0.3 is 9.26 Å². The van der Waals surface area contributed by atoms with Gasteiger partial charge in [0.15, 0.2) is 5.82 Å². The summed E-state index contributed by atoms with van der Waals surface area (Å²) < 4.78 is 10.6. The first-order valence-electron chi connectivity index (χ1n) is 6.05. The van der Waals surface area contributed by atoms with Gasteiger partial charge >= 0.3 is 0 Å². The smallest absolute Gasteiger partial charge is 0.232 e. The summed E-state index contributed by atoms with van der Waals surface area (Å²) in [5.74, 6) is 1.71. The molecule has 1 aliphatic rings. The Bertz CT molecular complexity index is 543. The van der Waals surface area contributed by atoms with Gasteiger partial charge in [-0.3, -0.25) is 0 Å². The SMILES string of the molecule is Cc1nc(Cc2nc([C@@H]3CCOC3)no2)c(C)s1. The van der Waals surface area contributed by atoms with Crippen LogP contribution in [-0.2, 0) is 11.2 Å². The molecule has 6 heteroatoms. The number of nitrogens with zero attached hydrogens (tertiary/aromatic N) is 3. The van der Waals surface area contributed by atoms with Crippen molar-refractivity contribution in [2.24, 2.45) is 0 Å². The van der Waals surface area contributed by atoms with E-state index in [1.165, 1.54) is 4.88 Å². The highest BCUT2D eigenvalue weighted by atomic mass is 32.1. The zero-order valence-corrected chi connectivity index (χ0v) is 11.3. The van der Waals surface area contributed by atoms with Crippen LogP contribution in [0.1, 0.15) is 39.6 Å². The van der Waals surface area contributed by atoms with Crippen molar-refractivity contribution < 1.29 is 9.26 Å². The fraction of sp³-hybridized carbons (Fsp3) is 0.583. The molecule has 0 aliphatic carbocycles. The van der Waals surface area contributed by atoms with Gasteiger partial charge in [-0.1, -0.05) is 5.16 Å². The van der Waals surface area contributed by atoms with E-state index in [0.29, 0.717) is 24.8 Å². The average Bonchev–Trinajstić information content (AvgIpc) is 3.02. The van der Waals surface area contributed by atoms with Crippen molar-refractivity contribution in [2.45, 2.75) is 32.6 Å². The molecule has 0 aromatic carbocycles. The van der Waals surface area contributed by atoms with Crippen LogP contribution < -0.4 is 0 Å². The van der Waals surface area contributed by atoms with Crippen molar-refractivity contribution in [1.82, 2.24) is 15.1 Å². The molecule has 2 aromatic heterocycles. The van der Waals surface area contributed by atoms with E-state index in [2.05, 4.69) is 22.0 Å². The Morgan fingerprint density at radius 3 is 2.89 bits per heavy atom. The topological polar surface area (TPSA) is 61.0 Å². The summed E-state index contributed by atoms with van der Waals surface area (Å²) in [5, 5.41) is 5.12. The fourth-order valence-electron chi connectivity index (χ4n) is 2.12. The van der Waals surface area contributed by atoms with E-state index in [-0.39, 0.29) is 0 Å². The van der Waals surface area contributed by atoms with E-state index < -0.39 is 0 Å². The molecule has 0 spiro atoms. The Morgan fingerprint density at radius 1 is 1.33 bits per heavy atom. The van der Waals surface area contributed by atoms with Gasteiger partial charge in [0.05, 0.1) is 23.7 Å². The van der Waals surface area contributed by atoms with Crippen LogP contribution in [0.15, 0.2) is 4.52 Å². The zero-order valence-electron chi connectivity index (χ0n) is 10.5. The molecule has 5 nitrogen and oxygen atoms in total. The van der Waals surface area contributed by atoms with Crippen LogP contribution >= 0.6 is 11.3 Å². The molecule has 0 saturated carbocycles. The predicted molar refractivity (Wildman–Crippen MR) is 66.9 cm³/mol. The number of hydrogen-bond donors (Lipinski definition) is 0. The highest BCUT2D eigenvalue weighted by Crippen LogP contribution is 2.24. The van der Waals surface area contributed by atoms with E-state index in [0.717, 1.165) is 29.6 Å². The minimum atomic E-state index is 0.292. The van der Waals surface area contributed by atoms with E-state index in [1.54, 1.807) is 11.3 Å². The van der Waals surface area contributed by atoms with Crippen molar-refractivity contribution >= 4 is 11.3 Å². The molecule has 3 heterocycles. The Morgan fingerprint density at radius 2 is 2.22 bits per heavy atom. The van der Waals surface area contributed by atoms with Gasteiger partial charge in [0, 0.05) is 17.4 Å². The summed E-state index contributed by atoms with van der Waals surface area (Å²) in [6.45, 7) is 5.57. The summed E-state index contributed by atoms with van der Waals surface area (Å²) in [6.07, 6.45) is 1.60. The van der Waals surface area contributed by atoms with Gasteiger partial charge in [0.1, 0.15) is 0 Å². The van der Waals surface area contributed by atoms with E-state index in [4.69, 9.17) is 9.26 Å². The molecule has 0 amide bonds. The van der Waals surface area contributed by atoms with E-state index >= 15 is 0 Å². The molecule has 2 aromatic rings. The van der Waals surface area contributed by atoms with Crippen molar-refractivity contribution in [2.75, 3.05) is 13.2 Å². The number of hydrogen-bond acceptors (Lipinski definition) is 6. The number of ether oxygens (including phenoxy) is 1. The lowest BCUT2D eigenvalue weighted by atomic mass is 10.1. The summed E-state index contributed by atoms with van der Waals surface area (Å²) >= 11 is 1.70. The second-order valence-corrected chi connectivity index (χ2v) is 5.93. The normalized spacial score (nSPS) is 19.6. The third-order valence-electron chi connectivity index (χ3n) is 3.10. The van der Waals surface area contributed by atoms with Crippen LogP contribution in [0.5, 0.6) is 0 Å². The molecule has 1 aliphatic heterocycles. The molecular weight excluding hydrogens is 250 g/mol. The van der Waals surface area contributed by atoms with Gasteiger partial charge in [0.2, 0.25) is 5.89 Å². The summed E-state index contributed by atoms with van der Waals surface area (Å²) in [5.41, 5.74) is 1.04. The summed E-state index contributed by atoms with van der Waals surface area (Å²) in [7, 11) is 0. The van der Waals surface area contributed by atoms with Gasteiger partial charge in [-0.25, -0.2) is 4.98 Å². The molecule has 0 bridgehead atoms. The maximum Gasteiger partial charge on any atom is 0.232 e. The van der Waals surface area contributed by atoms with Crippen LogP contribution in [0.2, 0.25) is 0 Å². The third-order valence-corrected chi connectivity index (χ3v) is 4.03. The van der Waals surface area contributed by atoms with Gasteiger partial charge in [0.25, 0.3) is 0 Å². The fourth-order valence-corrected chi connectivity index (χ4v) is 2.96. The summed E-state index contributed by atoms with van der Waals surface area (Å²) in [6, 6.07) is 0. The Balaban J connectivity index is 1.75. The average molecular weight is 265 g/mol. The van der Waals surface area contributed by atoms with E-state index in [9.17, 15) is 0 Å². The largest absolute Gasteiger partial charge is 0.381 e. The molecule has 0 radical (unpaired) electrons. The van der Waals surface area contributed by atoms with Crippen molar-refractivity contribution in [3.63, 3.8) is 0 Å². The van der Waals surface area contributed by atoms with Crippen LogP contribution in [0.4, 0.5) is 0 Å². The molecule has 3 rings (SSSR count). The van der Waals surface area contributed by atoms with Gasteiger partial charge in [-0.2, -0.15) is 4.98 Å². The number of thiazole rings is 1. The molecular formula is C12H15N3O2S. The Labute approximate surface area is 109 Å². The van der Waals surface area contributed by atoms with Crippen molar-refractivity contribution in [3.8, 4) is 0 Å². The molecule has 0 unspecified atom stereocenters. The molecule has 1 fully saturated rings. The second kappa shape index (κ2) is 4.78. The van der Waals surface area contributed by atoms with Crippen molar-refractivity contribution in [1.29, 1.82) is 0 Å². The number of aromatic nitrogens is 3. The Hall–Kier alpha value is -1.27. The number of aryl methyl sites for hydroxylation is 2. The van der Waals surface area contributed by atoms with Gasteiger partial charge in [-0.15, -0.1) is 11.3 Å². The highest BCUT2D eigenvalue weighted by Gasteiger charge is 2.23. The molecule has 18 heavy (non-hydrogen) atoms. The predicted octanol–water partition coefficient (Wildman–Crippen LogP) is 2.24. The first-order chi connectivity index (χ1) is 8.72. The molecule has 0 N–H and O–H groups in total. The molecule has 1 atom stereocenters. The standard InChI is InChI=1S/C12H15N3O2S/c1-7-10(13-8(2)18-7)5-11-14-12(15-17-11)9-3-4-16-6-9/h9H,3-6H2,1-2H3/t9-/m1/s1. The van der Waals surface area contributed by atoms with Crippen LogP contribution in [0.25, 0.3) is 0 Å². The minimum Gasteiger partial charge on any atom is -0.381 e. The Kier molecular flexibility index (Phi) is 3.13. The van der Waals surface area contributed by atoms with Crippen LogP contribution in [-0.4, -0.2) is 28.3 Å². The lowest BCUT2D eigenvalue weighted by molar-refractivity contribution is 0.192. The zero-order chi connectivity index (χ0) is 12.5. The quantitative estimate of drug-likeness (QED) is 0.851. The number of rotatable bonds is 3. The first kappa shape index (κ1) is 11.8. The van der Waals surface area contributed by atoms with Crippen LogP contribution in [0, 0.1) is 13.8 Å². The molecule has 96 valence electrons. The lowest BCUT2D eigenvalue weighted by Crippen LogP contribution is -2.00. The van der Waals surface area contributed by atoms with Crippen LogP contribution in [0.3, 0.4) is 0 Å². The highest BCUT2D eigenvalue weighted by molar-refractivity contribution is 7.11. The monoisotopic (exact) mass is 265 g/mol. The maximum absolute atomic E-state index is 5.33. The minimum absolute atomic E-state index is 0.292. The first-order valence-corrected chi connectivity index (χ1v) is 6.87. The van der Waals surface area contributed by atoms with Gasteiger partial charge in [-0.05, 0) is 20.3 Å². The summed E-state index contributed by atoms with van der Waals surface area (Å²) in [4.78, 5) is 10.1. The molecule has 1 saturated heterocycles. The van der Waals surface area contributed by atoms with Crippen molar-refractivity contribution in [3.05, 3.63) is 27.3 Å². The maximum atomic E-state index is 5.33.